The molecule has 0 saturated carbocycles. The van der Waals surface area contributed by atoms with Gasteiger partial charge >= 0.3 is 22.4 Å². The van der Waals surface area contributed by atoms with E-state index in [1.54, 1.807) is 4.90 Å². The lowest BCUT2D eigenvalue weighted by atomic mass is 10.2. The number of aromatic nitrogens is 3. The number of hydrogen-bond donors (Lipinski definition) is 0. The minimum atomic E-state index is -0.453. The van der Waals surface area contributed by atoms with Crippen LogP contribution in [0.5, 0.6) is 0 Å². The molecule has 1 aromatic heterocycles. The standard InChI is InChI=1S/C10H15N4O2.Al.2H/c1-10(2,3)16-9(15)13-4-5-14-7-11-12-8(14)6-13;;;/h4-6H2,1-3H3;;;. The van der Waals surface area contributed by atoms with Crippen LogP contribution >= 0.6 is 0 Å². The van der Waals surface area contributed by atoms with E-state index in [1.165, 1.54) is 0 Å². The number of carbonyl (C=O) groups is 1. The summed E-state index contributed by atoms with van der Waals surface area (Å²) >= 11 is 0.882. The molecule has 0 bridgehead atoms. The zero-order valence-electron chi connectivity index (χ0n) is 10.7. The van der Waals surface area contributed by atoms with Gasteiger partial charge < -0.3 is 9.30 Å². The van der Waals surface area contributed by atoms with E-state index in [2.05, 4.69) is 14.8 Å². The van der Waals surface area contributed by atoms with Gasteiger partial charge in [-0.2, -0.15) is 5.10 Å². The first-order valence-corrected chi connectivity index (χ1v) is 6.73. The van der Waals surface area contributed by atoms with Crippen LogP contribution in [0.3, 0.4) is 0 Å². The van der Waals surface area contributed by atoms with E-state index in [0.717, 1.165) is 33.3 Å². The Hall–Kier alpha value is -1.06. The lowest BCUT2D eigenvalue weighted by Gasteiger charge is -2.30. The smallest absolute Gasteiger partial charge is 0.410 e. The summed E-state index contributed by atoms with van der Waals surface area (Å²) in [6.45, 7) is 7.52. The quantitative estimate of drug-likeness (QED) is 0.572. The van der Waals surface area contributed by atoms with Crippen molar-refractivity contribution in [2.45, 2.75) is 39.5 Å². The number of fused-ring (bicyclic) bond motifs is 1. The third-order valence-corrected chi connectivity index (χ3v) is 3.33. The van der Waals surface area contributed by atoms with Crippen LogP contribution in [0.4, 0.5) is 4.79 Å². The summed E-state index contributed by atoms with van der Waals surface area (Å²) in [5, 5.41) is 8.15. The van der Waals surface area contributed by atoms with Gasteiger partial charge in [0, 0.05) is 17.8 Å². The van der Waals surface area contributed by atoms with Crippen LogP contribution in [-0.4, -0.2) is 54.2 Å². The molecule has 17 heavy (non-hydrogen) atoms. The highest BCUT2D eigenvalue weighted by Crippen LogP contribution is 2.14. The van der Waals surface area contributed by atoms with E-state index >= 15 is 0 Å². The second-order valence-corrected chi connectivity index (χ2v) is 6.11. The molecule has 0 aliphatic carbocycles. The molecule has 0 atom stereocenters. The molecular weight excluding hydrogens is 235 g/mol. The van der Waals surface area contributed by atoms with Crippen LogP contribution in [0.15, 0.2) is 0 Å². The molecule has 0 radical (unpaired) electrons. The molecule has 1 amide bonds. The first-order chi connectivity index (χ1) is 7.87. The molecule has 0 aromatic carbocycles. The SMILES string of the molecule is CC(C)(C)OC(=O)N1CCn2[c]([AlH2])nnc2C1. The highest BCUT2D eigenvalue weighted by atomic mass is 27.0. The predicted octanol–water partition coefficient (Wildman–Crippen LogP) is -0.713. The van der Waals surface area contributed by atoms with Crippen molar-refractivity contribution in [1.82, 2.24) is 19.7 Å². The van der Waals surface area contributed by atoms with E-state index in [-0.39, 0.29) is 6.09 Å². The van der Waals surface area contributed by atoms with Gasteiger partial charge in [-0.15, -0.1) is 5.10 Å². The van der Waals surface area contributed by atoms with Crippen molar-refractivity contribution in [2.75, 3.05) is 6.54 Å². The molecule has 0 fully saturated rings. The van der Waals surface area contributed by atoms with Gasteiger partial charge in [-0.3, -0.25) is 4.90 Å². The average molecular weight is 252 g/mol. The van der Waals surface area contributed by atoms with E-state index in [9.17, 15) is 4.79 Å². The van der Waals surface area contributed by atoms with Crippen LogP contribution in [0.2, 0.25) is 0 Å². The molecule has 2 heterocycles. The Balaban J connectivity index is 2.05. The van der Waals surface area contributed by atoms with Crippen molar-refractivity contribution in [2.24, 2.45) is 0 Å². The zero-order chi connectivity index (χ0) is 12.6. The summed E-state index contributed by atoms with van der Waals surface area (Å²) in [5.41, 5.74) is -0.453. The molecule has 92 valence electrons. The lowest BCUT2D eigenvalue weighted by Crippen LogP contribution is -2.43. The molecule has 2 rings (SSSR count). The van der Waals surface area contributed by atoms with Crippen LogP contribution in [0.25, 0.3) is 0 Å². The summed E-state index contributed by atoms with van der Waals surface area (Å²) in [6.07, 6.45) is -0.276. The fourth-order valence-electron chi connectivity index (χ4n) is 1.79. The Morgan fingerprint density at radius 1 is 1.35 bits per heavy atom. The minimum Gasteiger partial charge on any atom is -0.444 e. The van der Waals surface area contributed by atoms with Crippen molar-refractivity contribution < 1.29 is 9.53 Å². The zero-order valence-corrected chi connectivity index (χ0v) is 12.7. The number of nitrogens with zero attached hydrogens (tertiary/aromatic N) is 4. The number of hydrogen-bond acceptors (Lipinski definition) is 4. The summed E-state index contributed by atoms with van der Waals surface area (Å²) in [5.74, 6) is 0.854. The Bertz CT molecular complexity index is 438. The first-order valence-electron chi connectivity index (χ1n) is 5.73. The predicted molar refractivity (Wildman–Crippen MR) is 64.8 cm³/mol. The van der Waals surface area contributed by atoms with Crippen LogP contribution in [0, 0.1) is 0 Å². The van der Waals surface area contributed by atoms with Crippen LogP contribution in [-0.2, 0) is 17.8 Å². The molecule has 0 spiro atoms. The second-order valence-electron chi connectivity index (χ2n) is 5.22. The van der Waals surface area contributed by atoms with Gasteiger partial charge in [0.2, 0.25) is 0 Å². The normalized spacial score (nSPS) is 15.6. The third kappa shape index (κ3) is 2.79. The van der Waals surface area contributed by atoms with Gasteiger partial charge in [-0.25, -0.2) is 4.79 Å². The molecule has 1 aliphatic rings. The van der Waals surface area contributed by atoms with E-state index in [0.29, 0.717) is 13.1 Å². The third-order valence-electron chi connectivity index (χ3n) is 2.59. The van der Waals surface area contributed by atoms with Crippen LogP contribution < -0.4 is 4.69 Å². The maximum absolute atomic E-state index is 11.9. The number of amides is 1. The average Bonchev–Trinajstić information content (AvgIpc) is 2.57. The summed E-state index contributed by atoms with van der Waals surface area (Å²) < 4.78 is 8.46. The number of carbonyl (C=O) groups excluding carboxylic acids is 1. The molecule has 1 aromatic rings. The minimum absolute atomic E-state index is 0.276. The van der Waals surface area contributed by atoms with Crippen molar-refractivity contribution in [3.63, 3.8) is 0 Å². The maximum Gasteiger partial charge on any atom is 0.410 e. The highest BCUT2D eigenvalue weighted by Gasteiger charge is 2.27. The summed E-state index contributed by atoms with van der Waals surface area (Å²) in [6, 6.07) is 0. The fraction of sp³-hybridized carbons (Fsp3) is 0.700. The van der Waals surface area contributed by atoms with Gasteiger partial charge in [0.25, 0.3) is 0 Å². The van der Waals surface area contributed by atoms with Crippen LogP contribution in [0.1, 0.15) is 26.6 Å². The van der Waals surface area contributed by atoms with Crippen molar-refractivity contribution in [1.29, 1.82) is 0 Å². The molecule has 0 N–H and O–H groups in total. The van der Waals surface area contributed by atoms with E-state index < -0.39 is 5.60 Å². The Morgan fingerprint density at radius 2 is 2.06 bits per heavy atom. The van der Waals surface area contributed by atoms with Crippen molar-refractivity contribution in [3.8, 4) is 0 Å². The fourth-order valence-corrected chi connectivity index (χ4v) is 2.37. The van der Waals surface area contributed by atoms with Gasteiger partial charge in [0.1, 0.15) is 5.60 Å². The largest absolute Gasteiger partial charge is 0.444 e. The first kappa shape index (κ1) is 12.4. The number of ether oxygens (including phenoxy) is 1. The van der Waals surface area contributed by atoms with Gasteiger partial charge in [0.15, 0.2) is 5.82 Å². The molecular formula is C10H17AlN4O2. The van der Waals surface area contributed by atoms with E-state index in [4.69, 9.17) is 4.74 Å². The highest BCUT2D eigenvalue weighted by molar-refractivity contribution is 6.29. The Labute approximate surface area is 108 Å². The Morgan fingerprint density at radius 3 is 2.71 bits per heavy atom. The topological polar surface area (TPSA) is 60.2 Å². The van der Waals surface area contributed by atoms with Crippen molar-refractivity contribution >= 4 is 27.1 Å². The molecule has 6 nitrogen and oxygen atoms in total. The number of rotatable bonds is 0. The van der Waals surface area contributed by atoms with Gasteiger partial charge in [-0.05, 0) is 20.8 Å². The van der Waals surface area contributed by atoms with Crippen molar-refractivity contribution in [3.05, 3.63) is 5.82 Å². The van der Waals surface area contributed by atoms with E-state index in [1.807, 2.05) is 20.8 Å². The molecule has 0 unspecified atom stereocenters. The molecule has 1 aliphatic heterocycles. The van der Waals surface area contributed by atoms with Gasteiger partial charge in [0.05, 0.1) is 6.54 Å². The monoisotopic (exact) mass is 252 g/mol. The van der Waals surface area contributed by atoms with Gasteiger partial charge in [-0.1, -0.05) is 0 Å². The summed E-state index contributed by atoms with van der Waals surface area (Å²) in [7, 11) is 0. The maximum atomic E-state index is 11.9. The molecule has 0 saturated heterocycles. The lowest BCUT2D eigenvalue weighted by molar-refractivity contribution is 0.0196. The molecule has 7 heteroatoms. The second kappa shape index (κ2) is 4.32. The summed E-state index contributed by atoms with van der Waals surface area (Å²) in [4.78, 5) is 13.6. The Kier molecular flexibility index (Phi) is 3.15.